The topological polar surface area (TPSA) is 172 Å². The van der Waals surface area contributed by atoms with Crippen LogP contribution in [-0.4, -0.2) is 86.5 Å². The predicted molar refractivity (Wildman–Crippen MR) is 126 cm³/mol. The largest absolute Gasteiger partial charge is 0.484 e. The standard InChI is InChI=1S/C25H28N2O10/c28-19-16(18(27(33)34)20(29)22(31)21(19)30)14-10-15-23(37-12-36-15)24(35-11-13-6-2-1-3-7-13)17(14)25(32)26-8-4-5-9-26/h1-3,6-7,10,16,18-22,28-31H,4-5,8-9,11-12H2/t16-,18-,19-,20+,21+,22+/m1/s1. The number of aliphatic hydroxyl groups is 4. The molecule has 12 heteroatoms. The van der Waals surface area contributed by atoms with Crippen LogP contribution in [0.25, 0.3) is 0 Å². The zero-order chi connectivity index (χ0) is 26.3. The number of amides is 1. The van der Waals surface area contributed by atoms with Gasteiger partial charge >= 0.3 is 0 Å². The Hall–Kier alpha value is -3.45. The molecule has 2 heterocycles. The van der Waals surface area contributed by atoms with Crippen molar-refractivity contribution in [2.45, 2.75) is 55.8 Å². The first kappa shape index (κ1) is 25.2. The normalized spacial score (nSPS) is 28.8. The van der Waals surface area contributed by atoms with Gasteiger partial charge in [-0.15, -0.1) is 0 Å². The summed E-state index contributed by atoms with van der Waals surface area (Å²) < 4.78 is 17.3. The summed E-state index contributed by atoms with van der Waals surface area (Å²) in [5.41, 5.74) is 0.673. The predicted octanol–water partition coefficient (Wildman–Crippen LogP) is 0.416. The lowest BCUT2D eigenvalue weighted by Crippen LogP contribution is -2.62. The van der Waals surface area contributed by atoms with Crippen molar-refractivity contribution in [1.29, 1.82) is 0 Å². The van der Waals surface area contributed by atoms with Gasteiger partial charge in [0.25, 0.3) is 11.9 Å². The number of aliphatic hydroxyl groups excluding tert-OH is 4. The van der Waals surface area contributed by atoms with Crippen LogP contribution in [0.5, 0.6) is 17.2 Å². The molecule has 12 nitrogen and oxygen atoms in total. The molecular weight excluding hydrogens is 488 g/mol. The van der Waals surface area contributed by atoms with Crippen molar-refractivity contribution in [3.05, 3.63) is 63.2 Å². The smallest absolute Gasteiger partial charge is 0.258 e. The number of hydrogen-bond acceptors (Lipinski definition) is 10. The summed E-state index contributed by atoms with van der Waals surface area (Å²) in [5.74, 6) is -1.78. The molecule has 4 N–H and O–H groups in total. The van der Waals surface area contributed by atoms with Crippen molar-refractivity contribution in [2.75, 3.05) is 19.9 Å². The van der Waals surface area contributed by atoms with E-state index in [9.17, 15) is 35.3 Å². The molecule has 1 aliphatic carbocycles. The van der Waals surface area contributed by atoms with Crippen molar-refractivity contribution in [2.24, 2.45) is 0 Å². The fourth-order valence-corrected chi connectivity index (χ4v) is 5.32. The van der Waals surface area contributed by atoms with E-state index in [-0.39, 0.29) is 41.8 Å². The second kappa shape index (κ2) is 10.1. The van der Waals surface area contributed by atoms with Crippen molar-refractivity contribution >= 4 is 5.91 Å². The van der Waals surface area contributed by atoms with E-state index in [1.54, 1.807) is 4.90 Å². The highest BCUT2D eigenvalue weighted by Gasteiger charge is 2.57. The Kier molecular flexibility index (Phi) is 6.90. The number of nitro groups is 1. The Morgan fingerprint density at radius 1 is 1.03 bits per heavy atom. The fraction of sp³-hybridized carbons (Fsp3) is 0.480. The van der Waals surface area contributed by atoms with E-state index in [4.69, 9.17) is 14.2 Å². The van der Waals surface area contributed by atoms with E-state index < -0.39 is 47.2 Å². The van der Waals surface area contributed by atoms with Gasteiger partial charge in [0.15, 0.2) is 17.6 Å². The molecule has 2 aromatic rings. The van der Waals surface area contributed by atoms with Gasteiger partial charge in [-0.1, -0.05) is 30.3 Å². The quantitative estimate of drug-likeness (QED) is 0.311. The van der Waals surface area contributed by atoms with Gasteiger partial charge in [0, 0.05) is 18.0 Å². The fourth-order valence-electron chi connectivity index (χ4n) is 5.32. The van der Waals surface area contributed by atoms with E-state index in [1.807, 2.05) is 30.3 Å². The number of carbonyl (C=O) groups excluding carboxylic acids is 1. The second-order valence-electron chi connectivity index (χ2n) is 9.44. The third-order valence-electron chi connectivity index (χ3n) is 7.22. The first-order valence-corrected chi connectivity index (χ1v) is 12.1. The zero-order valence-corrected chi connectivity index (χ0v) is 19.8. The van der Waals surface area contributed by atoms with Crippen LogP contribution in [0.1, 0.15) is 40.2 Å². The molecule has 0 aromatic heterocycles. The van der Waals surface area contributed by atoms with Gasteiger partial charge in [0.2, 0.25) is 12.5 Å². The SMILES string of the molecule is O=C(c1c([C@H]2[C@@H](O)[C@H](O)[C@@H](O)[C@@H](O)[C@@H]2[N+](=O)[O-])cc2c(c1OCc1ccccc1)OCO2)N1CCCC1. The molecule has 0 bridgehead atoms. The maximum atomic E-state index is 13.9. The van der Waals surface area contributed by atoms with E-state index in [1.165, 1.54) is 6.07 Å². The molecule has 37 heavy (non-hydrogen) atoms. The molecule has 198 valence electrons. The molecule has 6 atom stereocenters. The van der Waals surface area contributed by atoms with E-state index in [0.717, 1.165) is 18.4 Å². The maximum Gasteiger partial charge on any atom is 0.258 e. The molecule has 0 radical (unpaired) electrons. The minimum Gasteiger partial charge on any atom is -0.484 e. The highest BCUT2D eigenvalue weighted by molar-refractivity contribution is 6.00. The van der Waals surface area contributed by atoms with Crippen LogP contribution >= 0.6 is 0 Å². The molecule has 1 saturated carbocycles. The molecule has 3 aliphatic rings. The average molecular weight is 517 g/mol. The molecule has 5 rings (SSSR count). The molecule has 1 saturated heterocycles. The lowest BCUT2D eigenvalue weighted by Gasteiger charge is -2.40. The number of fused-ring (bicyclic) bond motifs is 1. The van der Waals surface area contributed by atoms with Crippen LogP contribution in [0, 0.1) is 10.1 Å². The molecule has 1 amide bonds. The molecule has 0 spiro atoms. The number of ether oxygens (including phenoxy) is 3. The lowest BCUT2D eigenvalue weighted by molar-refractivity contribution is -0.549. The summed E-state index contributed by atoms with van der Waals surface area (Å²) >= 11 is 0. The van der Waals surface area contributed by atoms with Gasteiger partial charge in [-0.05, 0) is 30.0 Å². The van der Waals surface area contributed by atoms with Crippen LogP contribution < -0.4 is 14.2 Å². The number of nitrogens with zero attached hydrogens (tertiary/aromatic N) is 2. The Morgan fingerprint density at radius 3 is 2.38 bits per heavy atom. The van der Waals surface area contributed by atoms with Crippen LogP contribution in [-0.2, 0) is 6.61 Å². The van der Waals surface area contributed by atoms with Gasteiger partial charge in [-0.25, -0.2) is 0 Å². The Balaban J connectivity index is 1.69. The average Bonchev–Trinajstić information content (AvgIpc) is 3.60. The Morgan fingerprint density at radius 2 is 1.70 bits per heavy atom. The van der Waals surface area contributed by atoms with Crippen LogP contribution in [0.4, 0.5) is 0 Å². The van der Waals surface area contributed by atoms with E-state index in [0.29, 0.717) is 13.1 Å². The number of carbonyl (C=O) groups is 1. The lowest BCUT2D eigenvalue weighted by atomic mass is 9.72. The van der Waals surface area contributed by atoms with Gasteiger partial charge in [-0.2, -0.15) is 0 Å². The second-order valence-corrected chi connectivity index (χ2v) is 9.44. The third-order valence-corrected chi connectivity index (χ3v) is 7.22. The minimum atomic E-state index is -2.01. The Bertz CT molecular complexity index is 1170. The van der Waals surface area contributed by atoms with Crippen molar-refractivity contribution in [3.8, 4) is 17.2 Å². The van der Waals surface area contributed by atoms with Crippen molar-refractivity contribution < 1.29 is 44.4 Å². The number of hydrogen-bond donors (Lipinski definition) is 4. The van der Waals surface area contributed by atoms with Gasteiger partial charge in [0.05, 0.1) is 17.6 Å². The van der Waals surface area contributed by atoms with Crippen LogP contribution in [0.2, 0.25) is 0 Å². The molecule has 2 aliphatic heterocycles. The first-order valence-electron chi connectivity index (χ1n) is 12.1. The van der Waals surface area contributed by atoms with Gasteiger partial charge < -0.3 is 39.5 Å². The maximum absolute atomic E-state index is 13.9. The number of likely N-dealkylation sites (tertiary alicyclic amines) is 1. The highest BCUT2D eigenvalue weighted by Crippen LogP contribution is 2.50. The molecular formula is C25H28N2O10. The third kappa shape index (κ3) is 4.46. The van der Waals surface area contributed by atoms with Gasteiger partial charge in [0.1, 0.15) is 18.8 Å². The van der Waals surface area contributed by atoms with Crippen LogP contribution in [0.15, 0.2) is 36.4 Å². The van der Waals surface area contributed by atoms with E-state index >= 15 is 0 Å². The van der Waals surface area contributed by atoms with Crippen LogP contribution in [0.3, 0.4) is 0 Å². The first-order chi connectivity index (χ1) is 17.8. The monoisotopic (exact) mass is 516 g/mol. The van der Waals surface area contributed by atoms with Crippen molar-refractivity contribution in [1.82, 2.24) is 4.90 Å². The number of rotatable bonds is 6. The zero-order valence-electron chi connectivity index (χ0n) is 19.8. The summed E-state index contributed by atoms with van der Waals surface area (Å²) in [6, 6.07) is 8.56. The molecule has 2 aromatic carbocycles. The summed E-state index contributed by atoms with van der Waals surface area (Å²) in [7, 11) is 0. The van der Waals surface area contributed by atoms with Crippen molar-refractivity contribution in [3.63, 3.8) is 0 Å². The summed E-state index contributed by atoms with van der Waals surface area (Å²) in [4.78, 5) is 26.7. The summed E-state index contributed by atoms with van der Waals surface area (Å²) in [6.07, 6.45) is -6.18. The number of benzene rings is 2. The minimum absolute atomic E-state index is 0.00449. The summed E-state index contributed by atoms with van der Waals surface area (Å²) in [6.45, 7) is 0.769. The molecule has 2 fully saturated rings. The van der Waals surface area contributed by atoms with Gasteiger partial charge in [-0.3, -0.25) is 14.9 Å². The highest BCUT2D eigenvalue weighted by atomic mass is 16.7. The van der Waals surface area contributed by atoms with E-state index in [2.05, 4.69) is 0 Å². The molecule has 0 unspecified atom stereocenters. The Labute approximate surface area is 211 Å². The summed E-state index contributed by atoms with van der Waals surface area (Å²) in [5, 5.41) is 54.2.